The molecule has 1 aliphatic rings. The van der Waals surface area contributed by atoms with Crippen LogP contribution in [0.15, 0.2) is 136 Å². The van der Waals surface area contributed by atoms with Crippen LogP contribution in [0.25, 0.3) is 22.4 Å². The van der Waals surface area contributed by atoms with Crippen LogP contribution in [0.4, 0.5) is 49.1 Å². The Balaban J connectivity index is 1.02. The van der Waals surface area contributed by atoms with E-state index in [0.717, 1.165) is 26.5 Å². The zero-order valence-electron chi connectivity index (χ0n) is 31.4. The molecular weight excluding hydrogens is 868 g/mol. The van der Waals surface area contributed by atoms with E-state index in [4.69, 9.17) is 11.6 Å². The van der Waals surface area contributed by atoms with Crippen molar-refractivity contribution in [3.8, 4) is 22.4 Å². The Bertz CT molecular complexity index is 2450. The highest BCUT2D eigenvalue weighted by Crippen LogP contribution is 2.46. The Hall–Kier alpha value is -5.07. The minimum Gasteiger partial charge on any atom is -0.478 e. The lowest BCUT2D eigenvalue weighted by Crippen LogP contribution is -2.46. The molecule has 1 aromatic heterocycles. The number of anilines is 4. The number of hydrogen-bond donors (Lipinski definition) is 3. The van der Waals surface area contributed by atoms with Gasteiger partial charge in [0.2, 0.25) is 0 Å². The third-order valence-electron chi connectivity index (χ3n) is 9.49. The number of piperazine rings is 1. The molecule has 0 amide bonds. The third-order valence-corrected chi connectivity index (χ3v) is 12.2. The van der Waals surface area contributed by atoms with Crippen LogP contribution in [-0.4, -0.2) is 48.2 Å². The molecule has 1 aliphatic heterocycles. The third kappa shape index (κ3) is 10.3. The normalized spacial score (nSPS) is 13.4. The molecule has 6 aromatic rings. The summed E-state index contributed by atoms with van der Waals surface area (Å²) in [5.41, 5.74) is 1.67. The van der Waals surface area contributed by atoms with Crippen molar-refractivity contribution in [2.45, 2.75) is 27.2 Å². The average Bonchev–Trinajstić information content (AvgIpc) is 3.56. The Morgan fingerprint density at radius 1 is 0.717 bits per heavy atom. The van der Waals surface area contributed by atoms with E-state index < -0.39 is 29.8 Å². The van der Waals surface area contributed by atoms with Gasteiger partial charge < -0.3 is 28.9 Å². The van der Waals surface area contributed by atoms with Crippen molar-refractivity contribution < 1.29 is 40.4 Å². The van der Waals surface area contributed by atoms with Gasteiger partial charge in [0.25, 0.3) is 0 Å². The number of nitrogens with one attached hydrogen (secondary N) is 2. The predicted molar refractivity (Wildman–Crippen MR) is 229 cm³/mol. The second kappa shape index (κ2) is 18.3. The lowest BCUT2D eigenvalue weighted by Gasteiger charge is -2.37. The molecular formula is C42H34ClF6N5O3S3. The van der Waals surface area contributed by atoms with Gasteiger partial charge in [0.1, 0.15) is 5.69 Å². The maximum absolute atomic E-state index is 14.4. The van der Waals surface area contributed by atoms with Crippen molar-refractivity contribution >= 4 is 76.3 Å². The number of rotatable bonds is 13. The molecule has 0 saturated carbocycles. The highest BCUT2D eigenvalue weighted by Gasteiger charge is 2.43. The van der Waals surface area contributed by atoms with Gasteiger partial charge in [0.05, 0.1) is 21.8 Å². The number of alkyl halides is 6. The molecule has 18 heteroatoms. The monoisotopic (exact) mass is 901 g/mol. The second-order valence-corrected chi connectivity index (χ2v) is 16.3. The largest absolute Gasteiger partial charge is 0.533 e. The van der Waals surface area contributed by atoms with Crippen LogP contribution in [0, 0.1) is 0 Å². The molecule has 2 heterocycles. The van der Waals surface area contributed by atoms with Gasteiger partial charge in [-0.05, 0) is 114 Å². The van der Waals surface area contributed by atoms with Crippen molar-refractivity contribution in [1.29, 1.82) is 0 Å². The number of carbonyl (C=O) groups is 1. The van der Waals surface area contributed by atoms with E-state index in [-0.39, 0.29) is 28.2 Å². The lowest BCUT2D eigenvalue weighted by molar-refractivity contribution is -0.266. The molecule has 0 aliphatic carbocycles. The predicted octanol–water partition coefficient (Wildman–Crippen LogP) is 12.8. The molecule has 0 unspecified atom stereocenters. The topological polar surface area (TPSA) is 82.0 Å². The zero-order valence-corrected chi connectivity index (χ0v) is 34.6. The molecule has 7 rings (SSSR count). The summed E-state index contributed by atoms with van der Waals surface area (Å²) in [6.07, 6.45) is -9.75. The molecule has 60 heavy (non-hydrogen) atoms. The van der Waals surface area contributed by atoms with Crippen LogP contribution < -0.4 is 19.2 Å². The number of aromatic carboxylic acids is 1. The summed E-state index contributed by atoms with van der Waals surface area (Å²) in [5.74, 6) is -1.68. The average molecular weight is 902 g/mol. The second-order valence-electron chi connectivity index (χ2n) is 13.4. The van der Waals surface area contributed by atoms with Crippen molar-refractivity contribution in [2.24, 2.45) is 7.05 Å². The van der Waals surface area contributed by atoms with E-state index in [1.54, 1.807) is 60.7 Å². The van der Waals surface area contributed by atoms with Crippen molar-refractivity contribution in [2.75, 3.05) is 45.4 Å². The fraction of sp³-hybridized carbons (Fsp3) is 0.167. The van der Waals surface area contributed by atoms with Gasteiger partial charge in [-0.1, -0.05) is 54.1 Å². The van der Waals surface area contributed by atoms with Gasteiger partial charge in [0, 0.05) is 82.7 Å². The van der Waals surface area contributed by atoms with Crippen LogP contribution in [-0.2, 0) is 17.4 Å². The number of benzene rings is 5. The van der Waals surface area contributed by atoms with Crippen LogP contribution in [0.5, 0.6) is 0 Å². The molecule has 3 N–H and O–H groups in total. The number of hydrogen-bond acceptors (Lipinski definition) is 9. The lowest BCUT2D eigenvalue weighted by atomic mass is 9.96. The van der Waals surface area contributed by atoms with E-state index in [0.29, 0.717) is 52.9 Å². The smallest absolute Gasteiger partial charge is 0.478 e. The SMILES string of the molecule is Cn1c(-c2ccc(Cl)cc2)c(-c2cccc(N3CCN(c4ccc(NSc5ccc(NSc6ccccc6)c(SOC(F)(F)F)c5)cc4)CC3)c2)c(C(=O)O)c1C(F)(F)F. The van der Waals surface area contributed by atoms with Gasteiger partial charge in [-0.15, -0.1) is 13.2 Å². The van der Waals surface area contributed by atoms with Crippen LogP contribution >= 0.6 is 47.5 Å². The summed E-state index contributed by atoms with van der Waals surface area (Å²) in [6.45, 7) is 2.44. The first-order chi connectivity index (χ1) is 28.6. The number of carboxylic acids is 1. The van der Waals surface area contributed by atoms with Crippen LogP contribution in [0.2, 0.25) is 5.02 Å². The van der Waals surface area contributed by atoms with E-state index in [1.165, 1.54) is 30.9 Å². The highest BCUT2D eigenvalue weighted by molar-refractivity contribution is 8.01. The quantitative estimate of drug-likeness (QED) is 0.0592. The first-order valence-electron chi connectivity index (χ1n) is 18.1. The van der Waals surface area contributed by atoms with E-state index >= 15 is 0 Å². The summed E-state index contributed by atoms with van der Waals surface area (Å²) in [7, 11) is 1.22. The molecule has 0 atom stereocenters. The highest BCUT2D eigenvalue weighted by atomic mass is 35.5. The molecule has 0 spiro atoms. The van der Waals surface area contributed by atoms with Gasteiger partial charge in [-0.25, -0.2) is 8.98 Å². The number of carboxylic acid groups (broad SMARTS) is 1. The van der Waals surface area contributed by atoms with E-state index in [2.05, 4.69) is 23.4 Å². The van der Waals surface area contributed by atoms with E-state index in [1.807, 2.05) is 60.7 Å². The summed E-state index contributed by atoms with van der Waals surface area (Å²) >= 11 is 8.81. The number of nitrogens with zero attached hydrogens (tertiary/aromatic N) is 3. The minimum absolute atomic E-state index is 0.0336. The molecule has 8 nitrogen and oxygen atoms in total. The molecule has 0 radical (unpaired) electrons. The fourth-order valence-corrected chi connectivity index (χ4v) is 9.02. The number of aromatic nitrogens is 1. The Morgan fingerprint density at radius 3 is 2.00 bits per heavy atom. The molecule has 5 aromatic carbocycles. The number of halogens is 7. The Labute approximate surface area is 359 Å². The molecule has 1 fully saturated rings. The molecule has 0 bridgehead atoms. The summed E-state index contributed by atoms with van der Waals surface area (Å²) in [5, 5.41) is 10.6. The molecule has 312 valence electrons. The van der Waals surface area contributed by atoms with Crippen LogP contribution in [0.1, 0.15) is 16.1 Å². The summed E-state index contributed by atoms with van der Waals surface area (Å²) in [4.78, 5) is 18.6. The first kappa shape index (κ1) is 43.0. The fourth-order valence-electron chi connectivity index (χ4n) is 6.80. The zero-order chi connectivity index (χ0) is 42.6. The van der Waals surface area contributed by atoms with Crippen LogP contribution in [0.3, 0.4) is 0 Å². The molecule has 1 saturated heterocycles. The van der Waals surface area contributed by atoms with Crippen molar-refractivity contribution in [3.05, 3.63) is 138 Å². The van der Waals surface area contributed by atoms with Gasteiger partial charge in [0.15, 0.2) is 0 Å². The first-order valence-corrected chi connectivity index (χ1v) is 20.9. The standard InChI is InChI=1S/C42H34ClF6N5O3S3/c1-52-38(26-10-12-28(43)13-11-26)36(37(40(55)56)39(52)41(44,45)46)27-6-5-7-31(24-27)54-22-20-53(21-23-54)30-16-14-29(15-17-30)50-59-33-18-19-34(35(25-33)60-57-42(47,48)49)51-58-32-8-3-2-4-9-32/h2-19,24-25,50-51H,20-23H2,1H3,(H,55,56). The van der Waals surface area contributed by atoms with Gasteiger partial charge >= 0.3 is 18.5 Å². The van der Waals surface area contributed by atoms with E-state index in [9.17, 15) is 36.2 Å². The van der Waals surface area contributed by atoms with Crippen molar-refractivity contribution in [1.82, 2.24) is 4.57 Å². The van der Waals surface area contributed by atoms with Gasteiger partial charge in [-0.3, -0.25) is 0 Å². The minimum atomic E-state index is -4.93. The summed E-state index contributed by atoms with van der Waals surface area (Å²) < 4.78 is 93.4. The van der Waals surface area contributed by atoms with Crippen molar-refractivity contribution in [3.63, 3.8) is 0 Å². The maximum Gasteiger partial charge on any atom is 0.533 e. The Morgan fingerprint density at radius 2 is 1.37 bits per heavy atom. The Kier molecular flexibility index (Phi) is 13.1. The van der Waals surface area contributed by atoms with Gasteiger partial charge in [-0.2, -0.15) is 13.2 Å². The summed E-state index contributed by atoms with van der Waals surface area (Å²) in [6, 6.07) is 35.3. The maximum atomic E-state index is 14.4.